The lowest BCUT2D eigenvalue weighted by molar-refractivity contribution is 0.129. The maximum absolute atomic E-state index is 13.7. The summed E-state index contributed by atoms with van der Waals surface area (Å²) in [5.41, 5.74) is -0.598. The smallest absolute Gasteiger partial charge is 0.319 e. The van der Waals surface area contributed by atoms with E-state index in [9.17, 15) is 18.7 Å². The number of urea groups is 1. The van der Waals surface area contributed by atoms with Crippen LogP contribution >= 0.6 is 0 Å². The molecule has 1 aromatic carbocycles. The van der Waals surface area contributed by atoms with Gasteiger partial charge in [-0.1, -0.05) is 13.8 Å². The van der Waals surface area contributed by atoms with Gasteiger partial charge in [-0.05, 0) is 18.8 Å². The summed E-state index contributed by atoms with van der Waals surface area (Å²) >= 11 is 0. The summed E-state index contributed by atoms with van der Waals surface area (Å²) in [7, 11) is 1.22. The van der Waals surface area contributed by atoms with Gasteiger partial charge in [-0.15, -0.1) is 0 Å². The van der Waals surface area contributed by atoms with E-state index in [1.165, 1.54) is 7.11 Å². The van der Waals surface area contributed by atoms with E-state index < -0.39 is 23.8 Å². The van der Waals surface area contributed by atoms with Crippen LogP contribution < -0.4 is 15.4 Å². The minimum absolute atomic E-state index is 0.235. The summed E-state index contributed by atoms with van der Waals surface area (Å²) in [6.45, 7) is 5.71. The number of anilines is 1. The molecule has 0 aliphatic carbocycles. The van der Waals surface area contributed by atoms with Gasteiger partial charge in [0.1, 0.15) is 0 Å². The summed E-state index contributed by atoms with van der Waals surface area (Å²) in [5.74, 6) is -1.80. The third-order valence-corrected chi connectivity index (χ3v) is 3.07. The lowest BCUT2D eigenvalue weighted by atomic mass is 9.87. The van der Waals surface area contributed by atoms with Crippen LogP contribution in [0.1, 0.15) is 27.2 Å². The molecular weight excluding hydrogens is 294 g/mol. The summed E-state index contributed by atoms with van der Waals surface area (Å²) in [4.78, 5) is 11.8. The van der Waals surface area contributed by atoms with E-state index in [4.69, 9.17) is 0 Å². The van der Waals surface area contributed by atoms with Gasteiger partial charge in [0.25, 0.3) is 0 Å². The first-order valence-corrected chi connectivity index (χ1v) is 6.90. The summed E-state index contributed by atoms with van der Waals surface area (Å²) in [6.07, 6.45) is 0.00621. The van der Waals surface area contributed by atoms with Gasteiger partial charge >= 0.3 is 6.03 Å². The Balaban J connectivity index is 2.64. The van der Waals surface area contributed by atoms with Gasteiger partial charge in [0.05, 0.1) is 18.9 Å². The van der Waals surface area contributed by atoms with E-state index in [1.54, 1.807) is 6.92 Å². The van der Waals surface area contributed by atoms with E-state index in [1.807, 2.05) is 13.8 Å². The third-order valence-electron chi connectivity index (χ3n) is 3.07. The zero-order chi connectivity index (χ0) is 16.9. The van der Waals surface area contributed by atoms with Crippen molar-refractivity contribution < 1.29 is 23.4 Å². The molecule has 124 valence electrons. The lowest BCUT2D eigenvalue weighted by Crippen LogP contribution is -2.38. The van der Waals surface area contributed by atoms with Gasteiger partial charge in [-0.2, -0.15) is 0 Å². The number of aliphatic hydroxyl groups is 1. The van der Waals surface area contributed by atoms with Crippen molar-refractivity contribution in [3.8, 4) is 5.75 Å². The van der Waals surface area contributed by atoms with E-state index >= 15 is 0 Å². The van der Waals surface area contributed by atoms with Crippen LogP contribution in [0.25, 0.3) is 0 Å². The summed E-state index contributed by atoms with van der Waals surface area (Å²) in [6, 6.07) is 1.07. The molecule has 0 radical (unpaired) electrons. The molecule has 0 saturated carbocycles. The highest BCUT2D eigenvalue weighted by Gasteiger charge is 2.21. The molecule has 3 N–H and O–H groups in total. The monoisotopic (exact) mass is 316 g/mol. The standard InChI is InChI=1S/C15H22F2N2O3/c1-9(20)7-15(2,3)8-18-14(21)19-12-5-11(17)13(22-4)6-10(12)16/h5-6,9,20H,7-8H2,1-4H3,(H2,18,19,21). The Morgan fingerprint density at radius 1 is 1.36 bits per heavy atom. The van der Waals surface area contributed by atoms with E-state index in [0.717, 1.165) is 12.1 Å². The quantitative estimate of drug-likeness (QED) is 0.756. The van der Waals surface area contributed by atoms with Crippen molar-refractivity contribution in [2.45, 2.75) is 33.3 Å². The molecule has 2 amide bonds. The van der Waals surface area contributed by atoms with E-state index in [0.29, 0.717) is 6.42 Å². The largest absolute Gasteiger partial charge is 0.494 e. The molecule has 1 rings (SSSR count). The molecule has 0 aliphatic rings. The number of benzene rings is 1. The number of carbonyl (C=O) groups excluding carboxylic acids is 1. The highest BCUT2D eigenvalue weighted by Crippen LogP contribution is 2.25. The Morgan fingerprint density at radius 2 is 2.00 bits per heavy atom. The molecule has 0 spiro atoms. The molecule has 7 heteroatoms. The number of ether oxygens (including phenoxy) is 1. The van der Waals surface area contributed by atoms with Gasteiger partial charge in [0.2, 0.25) is 0 Å². The zero-order valence-electron chi connectivity index (χ0n) is 13.2. The predicted molar refractivity (Wildman–Crippen MR) is 80.0 cm³/mol. The normalized spacial score (nSPS) is 12.7. The molecule has 22 heavy (non-hydrogen) atoms. The predicted octanol–water partition coefficient (Wildman–Crippen LogP) is 2.89. The average molecular weight is 316 g/mol. The van der Waals surface area contributed by atoms with E-state index in [-0.39, 0.29) is 23.4 Å². The van der Waals surface area contributed by atoms with Crippen LogP contribution in [0.2, 0.25) is 0 Å². The van der Waals surface area contributed by atoms with Crippen LogP contribution in [0.15, 0.2) is 12.1 Å². The van der Waals surface area contributed by atoms with Gasteiger partial charge in [0.15, 0.2) is 17.4 Å². The van der Waals surface area contributed by atoms with Crippen molar-refractivity contribution >= 4 is 11.7 Å². The van der Waals surface area contributed by atoms with Crippen molar-refractivity contribution in [2.75, 3.05) is 19.0 Å². The lowest BCUT2D eigenvalue weighted by Gasteiger charge is -2.26. The van der Waals surface area contributed by atoms with Crippen LogP contribution in [0.3, 0.4) is 0 Å². The third kappa shape index (κ3) is 5.48. The second-order valence-electron chi connectivity index (χ2n) is 5.99. The molecule has 0 aliphatic heterocycles. The Labute approximate surface area is 128 Å². The van der Waals surface area contributed by atoms with Crippen LogP contribution in [0.5, 0.6) is 5.75 Å². The first-order chi connectivity index (χ1) is 10.1. The fourth-order valence-corrected chi connectivity index (χ4v) is 2.14. The van der Waals surface area contributed by atoms with Gasteiger partial charge < -0.3 is 20.5 Å². The molecule has 1 aromatic rings. The van der Waals surface area contributed by atoms with Crippen molar-refractivity contribution in [1.82, 2.24) is 5.32 Å². The van der Waals surface area contributed by atoms with Crippen LogP contribution in [0, 0.1) is 17.0 Å². The molecule has 0 fully saturated rings. The molecule has 1 unspecified atom stereocenters. The number of halogens is 2. The minimum atomic E-state index is -0.795. The number of rotatable bonds is 6. The summed E-state index contributed by atoms with van der Waals surface area (Å²) in [5, 5.41) is 14.2. The summed E-state index contributed by atoms with van der Waals surface area (Å²) < 4.78 is 31.9. The fourth-order valence-electron chi connectivity index (χ4n) is 2.14. The number of nitrogens with one attached hydrogen (secondary N) is 2. The topological polar surface area (TPSA) is 70.6 Å². The molecule has 0 aromatic heterocycles. The molecular formula is C15H22F2N2O3. The van der Waals surface area contributed by atoms with Crippen LogP contribution in [0.4, 0.5) is 19.3 Å². The van der Waals surface area contributed by atoms with Crippen molar-refractivity contribution in [2.24, 2.45) is 5.41 Å². The van der Waals surface area contributed by atoms with Gasteiger partial charge in [-0.25, -0.2) is 13.6 Å². The zero-order valence-corrected chi connectivity index (χ0v) is 13.2. The average Bonchev–Trinajstić information content (AvgIpc) is 2.39. The number of hydrogen-bond acceptors (Lipinski definition) is 3. The number of amides is 2. The first-order valence-electron chi connectivity index (χ1n) is 6.90. The molecule has 0 heterocycles. The fraction of sp³-hybridized carbons (Fsp3) is 0.533. The minimum Gasteiger partial charge on any atom is -0.494 e. The highest BCUT2D eigenvalue weighted by atomic mass is 19.1. The van der Waals surface area contributed by atoms with Crippen molar-refractivity contribution in [1.29, 1.82) is 0 Å². The second kappa shape index (κ2) is 7.40. The maximum atomic E-state index is 13.7. The maximum Gasteiger partial charge on any atom is 0.319 e. The SMILES string of the molecule is COc1cc(F)c(NC(=O)NCC(C)(C)CC(C)O)cc1F. The molecule has 0 saturated heterocycles. The first kappa shape index (κ1) is 18.2. The number of aliphatic hydroxyl groups excluding tert-OH is 1. The molecule has 1 atom stereocenters. The van der Waals surface area contributed by atoms with Gasteiger partial charge in [-0.3, -0.25) is 0 Å². The highest BCUT2D eigenvalue weighted by molar-refractivity contribution is 5.89. The van der Waals surface area contributed by atoms with Gasteiger partial charge in [0, 0.05) is 18.7 Å². The number of hydrogen-bond donors (Lipinski definition) is 3. The van der Waals surface area contributed by atoms with Crippen LogP contribution in [-0.4, -0.2) is 30.9 Å². The van der Waals surface area contributed by atoms with Crippen molar-refractivity contribution in [3.63, 3.8) is 0 Å². The Hall–Kier alpha value is -1.89. The number of methoxy groups -OCH3 is 1. The Kier molecular flexibility index (Phi) is 6.11. The molecule has 0 bridgehead atoms. The van der Waals surface area contributed by atoms with E-state index in [2.05, 4.69) is 15.4 Å². The molecule has 5 nitrogen and oxygen atoms in total. The number of carbonyl (C=O) groups is 1. The second-order valence-corrected chi connectivity index (χ2v) is 5.99. The Morgan fingerprint density at radius 3 is 2.55 bits per heavy atom. The van der Waals surface area contributed by atoms with Crippen LogP contribution in [-0.2, 0) is 0 Å². The van der Waals surface area contributed by atoms with Crippen molar-refractivity contribution in [3.05, 3.63) is 23.8 Å². The Bertz CT molecular complexity index is 534.